The summed E-state index contributed by atoms with van der Waals surface area (Å²) in [6, 6.07) is 9.23. The first-order valence-corrected chi connectivity index (χ1v) is 7.68. The largest absolute Gasteiger partial charge is 0.345 e. The zero-order chi connectivity index (χ0) is 19.1. The number of hydrogen-bond donors (Lipinski definition) is 2. The second-order valence-corrected chi connectivity index (χ2v) is 5.48. The molecule has 0 aliphatic rings. The molecular formula is C19H17F2N3O2. The molecule has 0 heterocycles. The fraction of sp³-hybridized carbons (Fsp3) is 0.158. The van der Waals surface area contributed by atoms with E-state index in [1.165, 1.54) is 11.0 Å². The lowest BCUT2D eigenvalue weighted by Gasteiger charge is -2.09. The van der Waals surface area contributed by atoms with Crippen molar-refractivity contribution in [2.45, 2.75) is 0 Å². The summed E-state index contributed by atoms with van der Waals surface area (Å²) in [5.41, 5.74) is 0.701. The van der Waals surface area contributed by atoms with E-state index in [4.69, 9.17) is 0 Å². The number of carbonyl (C=O) groups excluding carboxylic acids is 2. The Morgan fingerprint density at radius 3 is 2.23 bits per heavy atom. The van der Waals surface area contributed by atoms with Crippen LogP contribution in [0.4, 0.5) is 19.3 Å². The van der Waals surface area contributed by atoms with Crippen LogP contribution < -0.4 is 10.6 Å². The van der Waals surface area contributed by atoms with E-state index in [1.807, 2.05) is 0 Å². The van der Waals surface area contributed by atoms with Crippen LogP contribution in [0.1, 0.15) is 15.9 Å². The molecule has 3 amide bonds. The lowest BCUT2D eigenvalue weighted by atomic mass is 10.1. The summed E-state index contributed by atoms with van der Waals surface area (Å²) in [6.45, 7) is -0.0136. The van der Waals surface area contributed by atoms with Crippen molar-refractivity contribution in [3.8, 4) is 11.8 Å². The van der Waals surface area contributed by atoms with Crippen LogP contribution in [-0.4, -0.2) is 37.5 Å². The highest BCUT2D eigenvalue weighted by molar-refractivity contribution is 5.94. The van der Waals surface area contributed by atoms with Gasteiger partial charge in [-0.1, -0.05) is 17.9 Å². The summed E-state index contributed by atoms with van der Waals surface area (Å²) < 4.78 is 26.8. The number of hydrogen-bond acceptors (Lipinski definition) is 2. The van der Waals surface area contributed by atoms with E-state index in [2.05, 4.69) is 22.5 Å². The van der Waals surface area contributed by atoms with Crippen LogP contribution in [0.15, 0.2) is 42.5 Å². The molecular weight excluding hydrogens is 340 g/mol. The molecule has 0 atom stereocenters. The number of rotatable bonds is 3. The summed E-state index contributed by atoms with van der Waals surface area (Å²) in [6.07, 6.45) is 0. The SMILES string of the molecule is CN(C)C(=O)c1ccc(C#CCNC(=O)Nc2c(F)cccc2F)cc1. The quantitative estimate of drug-likeness (QED) is 0.830. The minimum absolute atomic E-state index is 0.0136. The maximum Gasteiger partial charge on any atom is 0.320 e. The molecule has 0 radical (unpaired) electrons. The summed E-state index contributed by atoms with van der Waals surface area (Å²) in [5, 5.41) is 4.48. The van der Waals surface area contributed by atoms with Crippen LogP contribution in [0.2, 0.25) is 0 Å². The molecule has 0 aliphatic heterocycles. The first kappa shape index (κ1) is 18.9. The number of para-hydroxylation sites is 1. The number of amides is 3. The predicted octanol–water partition coefficient (Wildman–Crippen LogP) is 2.84. The molecule has 2 aromatic carbocycles. The predicted molar refractivity (Wildman–Crippen MR) is 94.7 cm³/mol. The molecule has 0 aromatic heterocycles. The van der Waals surface area contributed by atoms with Gasteiger partial charge in [0.1, 0.15) is 17.3 Å². The maximum atomic E-state index is 13.4. The van der Waals surface area contributed by atoms with E-state index < -0.39 is 23.4 Å². The molecule has 0 saturated heterocycles. The number of urea groups is 1. The molecule has 0 saturated carbocycles. The second-order valence-electron chi connectivity index (χ2n) is 5.48. The number of nitrogens with zero attached hydrogens (tertiary/aromatic N) is 1. The van der Waals surface area contributed by atoms with Crippen molar-refractivity contribution < 1.29 is 18.4 Å². The van der Waals surface area contributed by atoms with Crippen LogP contribution >= 0.6 is 0 Å². The van der Waals surface area contributed by atoms with Crippen LogP contribution in [0.3, 0.4) is 0 Å². The maximum absolute atomic E-state index is 13.4. The minimum Gasteiger partial charge on any atom is -0.345 e. The van der Waals surface area contributed by atoms with Gasteiger partial charge in [-0.2, -0.15) is 0 Å². The zero-order valence-corrected chi connectivity index (χ0v) is 14.3. The van der Waals surface area contributed by atoms with Gasteiger partial charge >= 0.3 is 6.03 Å². The van der Waals surface area contributed by atoms with Crippen molar-refractivity contribution in [3.63, 3.8) is 0 Å². The van der Waals surface area contributed by atoms with E-state index >= 15 is 0 Å². The Morgan fingerprint density at radius 1 is 1.04 bits per heavy atom. The highest BCUT2D eigenvalue weighted by Crippen LogP contribution is 2.17. The van der Waals surface area contributed by atoms with Crippen LogP contribution in [0.25, 0.3) is 0 Å². The fourth-order valence-electron chi connectivity index (χ4n) is 2.00. The summed E-state index contributed by atoms with van der Waals surface area (Å²) >= 11 is 0. The van der Waals surface area contributed by atoms with E-state index in [-0.39, 0.29) is 12.5 Å². The standard InChI is InChI=1S/C19H17F2N3O2/c1-24(2)18(25)14-10-8-13(9-11-14)5-4-12-22-19(26)23-17-15(20)6-3-7-16(17)21/h3,6-11H,12H2,1-2H3,(H2,22,23,26). The molecule has 0 unspecified atom stereocenters. The first-order valence-electron chi connectivity index (χ1n) is 7.68. The third-order valence-corrected chi connectivity index (χ3v) is 3.31. The molecule has 5 nitrogen and oxygen atoms in total. The second kappa shape index (κ2) is 8.62. The van der Waals surface area contributed by atoms with Crippen LogP contribution in [0, 0.1) is 23.5 Å². The Hall–Kier alpha value is -3.40. The monoisotopic (exact) mass is 357 g/mol. The van der Waals surface area contributed by atoms with Gasteiger partial charge in [-0.15, -0.1) is 0 Å². The number of halogens is 2. The molecule has 2 rings (SSSR count). The van der Waals surface area contributed by atoms with E-state index in [9.17, 15) is 18.4 Å². The third kappa shape index (κ3) is 5.05. The Bertz CT molecular complexity index is 848. The third-order valence-electron chi connectivity index (χ3n) is 3.31. The summed E-state index contributed by atoms with van der Waals surface area (Å²) in [4.78, 5) is 24.9. The van der Waals surface area contributed by atoms with E-state index in [0.717, 1.165) is 12.1 Å². The van der Waals surface area contributed by atoms with Gasteiger partial charge < -0.3 is 15.5 Å². The minimum atomic E-state index is -0.862. The van der Waals surface area contributed by atoms with Gasteiger partial charge in [0.05, 0.1) is 6.54 Å². The molecule has 2 N–H and O–H groups in total. The zero-order valence-electron chi connectivity index (χ0n) is 14.3. The normalized spacial score (nSPS) is 9.69. The smallest absolute Gasteiger partial charge is 0.320 e. The molecule has 0 bridgehead atoms. The van der Waals surface area contributed by atoms with Gasteiger partial charge in [0.2, 0.25) is 0 Å². The average Bonchev–Trinajstić information content (AvgIpc) is 2.62. The number of nitrogens with one attached hydrogen (secondary N) is 2. The topological polar surface area (TPSA) is 61.4 Å². The van der Waals surface area contributed by atoms with Crippen LogP contribution in [-0.2, 0) is 0 Å². The fourth-order valence-corrected chi connectivity index (χ4v) is 2.00. The summed E-state index contributed by atoms with van der Waals surface area (Å²) in [5.74, 6) is 3.70. The van der Waals surface area contributed by atoms with Crippen molar-refractivity contribution in [1.29, 1.82) is 0 Å². The van der Waals surface area contributed by atoms with Crippen molar-refractivity contribution in [2.24, 2.45) is 0 Å². The van der Waals surface area contributed by atoms with Crippen molar-refractivity contribution >= 4 is 17.6 Å². The van der Waals surface area contributed by atoms with Gasteiger partial charge in [-0.05, 0) is 36.4 Å². The Labute approximate surface area is 150 Å². The van der Waals surface area contributed by atoms with Crippen molar-refractivity contribution in [2.75, 3.05) is 26.0 Å². The van der Waals surface area contributed by atoms with E-state index in [0.29, 0.717) is 11.1 Å². The van der Waals surface area contributed by atoms with E-state index in [1.54, 1.807) is 38.4 Å². The molecule has 0 fully saturated rings. The molecule has 2 aromatic rings. The van der Waals surface area contributed by atoms with Gasteiger partial charge in [0.15, 0.2) is 0 Å². The van der Waals surface area contributed by atoms with Gasteiger partial charge in [-0.25, -0.2) is 13.6 Å². The van der Waals surface area contributed by atoms with Gasteiger partial charge in [0, 0.05) is 25.2 Å². The summed E-state index contributed by atoms with van der Waals surface area (Å²) in [7, 11) is 3.33. The van der Waals surface area contributed by atoms with Gasteiger partial charge in [-0.3, -0.25) is 4.79 Å². The van der Waals surface area contributed by atoms with Crippen LogP contribution in [0.5, 0.6) is 0 Å². The number of carbonyl (C=O) groups is 2. The lowest BCUT2D eigenvalue weighted by molar-refractivity contribution is 0.0827. The Balaban J connectivity index is 1.88. The molecule has 0 spiro atoms. The first-order chi connectivity index (χ1) is 12.4. The molecule has 134 valence electrons. The van der Waals surface area contributed by atoms with Crippen molar-refractivity contribution in [1.82, 2.24) is 10.2 Å². The Morgan fingerprint density at radius 2 is 1.65 bits per heavy atom. The van der Waals surface area contributed by atoms with Gasteiger partial charge in [0.25, 0.3) is 5.91 Å². The highest BCUT2D eigenvalue weighted by atomic mass is 19.1. The van der Waals surface area contributed by atoms with Crippen molar-refractivity contribution in [3.05, 3.63) is 65.2 Å². The lowest BCUT2D eigenvalue weighted by Crippen LogP contribution is -2.29. The Kier molecular flexibility index (Phi) is 6.28. The molecule has 26 heavy (non-hydrogen) atoms. The number of benzene rings is 2. The molecule has 0 aliphatic carbocycles. The average molecular weight is 357 g/mol. The highest BCUT2D eigenvalue weighted by Gasteiger charge is 2.10. The number of anilines is 1. The molecule has 7 heteroatoms.